The summed E-state index contributed by atoms with van der Waals surface area (Å²) in [6, 6.07) is 2.81. The summed E-state index contributed by atoms with van der Waals surface area (Å²) >= 11 is 0. The van der Waals surface area contributed by atoms with E-state index in [0.717, 1.165) is 0 Å². The van der Waals surface area contributed by atoms with Gasteiger partial charge in [-0.05, 0) is 19.4 Å². The number of hydrogen-bond acceptors (Lipinski definition) is 4. The smallest absolute Gasteiger partial charge is 0.251 e. The number of likely N-dealkylation sites (tertiary alicyclic amines) is 1. The molecule has 1 aliphatic rings. The Kier molecular flexibility index (Phi) is 3.52. The Morgan fingerprint density at radius 3 is 2.70 bits per heavy atom. The summed E-state index contributed by atoms with van der Waals surface area (Å²) in [5, 5.41) is 0. The predicted molar refractivity (Wildman–Crippen MR) is 73.6 cm³/mol. The molecule has 1 saturated heterocycles. The molecule has 2 amide bonds. The van der Waals surface area contributed by atoms with Crippen molar-refractivity contribution in [2.45, 2.75) is 19.9 Å². The Morgan fingerprint density at radius 2 is 2.10 bits per heavy atom. The molecule has 0 aliphatic carbocycles. The number of anilines is 1. The number of carbonyl (C=O) groups is 2. The summed E-state index contributed by atoms with van der Waals surface area (Å²) in [7, 11) is 0. The van der Waals surface area contributed by atoms with Crippen LogP contribution in [0.15, 0.2) is 23.1 Å². The van der Waals surface area contributed by atoms with Gasteiger partial charge in [-0.15, -0.1) is 0 Å². The van der Waals surface area contributed by atoms with Gasteiger partial charge in [0.25, 0.3) is 5.56 Å². The van der Waals surface area contributed by atoms with Gasteiger partial charge in [0, 0.05) is 31.0 Å². The maximum atomic E-state index is 12.2. The summed E-state index contributed by atoms with van der Waals surface area (Å²) < 4.78 is 1.26. The highest BCUT2D eigenvalue weighted by molar-refractivity contribution is 5.83. The Bertz CT molecular complexity index is 610. The molecule has 0 bridgehead atoms. The molecule has 20 heavy (non-hydrogen) atoms. The summed E-state index contributed by atoms with van der Waals surface area (Å²) in [6.45, 7) is 2.42. The van der Waals surface area contributed by atoms with E-state index in [1.54, 1.807) is 11.8 Å². The van der Waals surface area contributed by atoms with E-state index in [0.29, 0.717) is 18.7 Å². The van der Waals surface area contributed by atoms with Crippen LogP contribution in [0, 0.1) is 5.41 Å². The first-order chi connectivity index (χ1) is 9.32. The minimum Gasteiger partial charge on any atom is -0.398 e. The molecule has 1 atom stereocenters. The van der Waals surface area contributed by atoms with Crippen molar-refractivity contribution in [2.24, 2.45) is 11.1 Å². The average Bonchev–Trinajstić information content (AvgIpc) is 2.78. The van der Waals surface area contributed by atoms with Gasteiger partial charge in [0.2, 0.25) is 11.8 Å². The summed E-state index contributed by atoms with van der Waals surface area (Å²) in [5.74, 6) is -0.628. The van der Waals surface area contributed by atoms with E-state index in [4.69, 9.17) is 11.5 Å². The Hall–Kier alpha value is -2.31. The number of pyridine rings is 1. The van der Waals surface area contributed by atoms with Crippen LogP contribution in [0.5, 0.6) is 0 Å². The highest BCUT2D eigenvalue weighted by Crippen LogP contribution is 2.29. The van der Waals surface area contributed by atoms with Crippen LogP contribution < -0.4 is 17.0 Å². The van der Waals surface area contributed by atoms with E-state index in [1.165, 1.54) is 22.9 Å². The van der Waals surface area contributed by atoms with Gasteiger partial charge in [0.05, 0.1) is 5.41 Å². The zero-order chi connectivity index (χ0) is 14.9. The molecule has 1 fully saturated rings. The second-order valence-corrected chi connectivity index (χ2v) is 5.42. The van der Waals surface area contributed by atoms with Crippen LogP contribution in [0.4, 0.5) is 5.69 Å². The first kappa shape index (κ1) is 14.1. The highest BCUT2D eigenvalue weighted by Gasteiger charge is 2.40. The Morgan fingerprint density at radius 1 is 1.40 bits per heavy atom. The van der Waals surface area contributed by atoms with Gasteiger partial charge in [-0.25, -0.2) is 0 Å². The topological polar surface area (TPSA) is 111 Å². The maximum absolute atomic E-state index is 12.2. The molecule has 4 N–H and O–H groups in total. The van der Waals surface area contributed by atoms with Crippen molar-refractivity contribution in [3.63, 3.8) is 0 Å². The molecular formula is C13H18N4O3. The number of nitrogen functional groups attached to an aromatic ring is 1. The number of carbonyl (C=O) groups excluding carboxylic acids is 2. The fourth-order valence-corrected chi connectivity index (χ4v) is 2.29. The lowest BCUT2D eigenvalue weighted by Crippen LogP contribution is -2.40. The number of nitrogens with zero attached hydrogens (tertiary/aromatic N) is 2. The molecule has 0 aromatic carbocycles. The molecule has 1 aliphatic heterocycles. The van der Waals surface area contributed by atoms with Crippen molar-refractivity contribution in [3.05, 3.63) is 28.7 Å². The molecule has 0 saturated carbocycles. The molecule has 1 aromatic rings. The third kappa shape index (κ3) is 2.66. The Labute approximate surface area is 116 Å². The van der Waals surface area contributed by atoms with E-state index >= 15 is 0 Å². The summed E-state index contributed by atoms with van der Waals surface area (Å²) in [6.07, 6.45) is 1.98. The van der Waals surface area contributed by atoms with E-state index < -0.39 is 11.3 Å². The maximum Gasteiger partial charge on any atom is 0.251 e. The van der Waals surface area contributed by atoms with Gasteiger partial charge >= 0.3 is 0 Å². The minimum absolute atomic E-state index is 0.0846. The molecule has 0 spiro atoms. The predicted octanol–water partition coefficient (Wildman–Crippen LogP) is -0.846. The second-order valence-electron chi connectivity index (χ2n) is 5.42. The van der Waals surface area contributed by atoms with Crippen LogP contribution >= 0.6 is 0 Å². The van der Waals surface area contributed by atoms with Crippen molar-refractivity contribution < 1.29 is 9.59 Å². The average molecular weight is 278 g/mol. The minimum atomic E-state index is -0.684. The molecule has 2 heterocycles. The first-order valence-electron chi connectivity index (χ1n) is 6.35. The molecule has 2 rings (SSSR count). The first-order valence-corrected chi connectivity index (χ1v) is 6.35. The SMILES string of the molecule is CC1(C(N)=O)CCN(C(=O)Cn2cc(N)ccc2=O)C1. The van der Waals surface area contributed by atoms with Gasteiger partial charge in [0.15, 0.2) is 0 Å². The zero-order valence-electron chi connectivity index (χ0n) is 11.3. The number of hydrogen-bond donors (Lipinski definition) is 2. The van der Waals surface area contributed by atoms with E-state index in [1.807, 2.05) is 0 Å². The quantitative estimate of drug-likeness (QED) is 0.750. The van der Waals surface area contributed by atoms with Crippen LogP contribution in [0.2, 0.25) is 0 Å². The Balaban J connectivity index is 2.09. The lowest BCUT2D eigenvalue weighted by atomic mass is 9.89. The van der Waals surface area contributed by atoms with Crippen LogP contribution in [-0.4, -0.2) is 34.4 Å². The van der Waals surface area contributed by atoms with Gasteiger partial charge < -0.3 is 20.9 Å². The third-order valence-electron chi connectivity index (χ3n) is 3.73. The normalized spacial score (nSPS) is 21.9. The standard InChI is InChI=1S/C13H18N4O3/c1-13(12(15)20)4-5-16(8-13)11(19)7-17-6-9(14)2-3-10(17)18/h2-3,6H,4-5,7-8,14H2,1H3,(H2,15,20). The van der Waals surface area contributed by atoms with Crippen LogP contribution in [0.3, 0.4) is 0 Å². The van der Waals surface area contributed by atoms with Gasteiger partial charge in [0.1, 0.15) is 6.54 Å². The molecule has 7 heteroatoms. The summed E-state index contributed by atoms with van der Waals surface area (Å²) in [5.41, 5.74) is 10.4. The fraction of sp³-hybridized carbons (Fsp3) is 0.462. The van der Waals surface area contributed by atoms with Crippen molar-refractivity contribution in [3.8, 4) is 0 Å². The molecule has 1 unspecified atom stereocenters. The largest absolute Gasteiger partial charge is 0.398 e. The zero-order valence-corrected chi connectivity index (χ0v) is 11.3. The molecule has 1 aromatic heterocycles. The second kappa shape index (κ2) is 4.99. The van der Waals surface area contributed by atoms with Gasteiger partial charge in [-0.2, -0.15) is 0 Å². The van der Waals surface area contributed by atoms with Gasteiger partial charge in [-0.3, -0.25) is 14.4 Å². The van der Waals surface area contributed by atoms with Crippen LogP contribution in [-0.2, 0) is 16.1 Å². The number of amides is 2. The number of aromatic nitrogens is 1. The molecule has 108 valence electrons. The highest BCUT2D eigenvalue weighted by atomic mass is 16.2. The summed E-state index contributed by atoms with van der Waals surface area (Å²) in [4.78, 5) is 36.7. The van der Waals surface area contributed by atoms with Crippen LogP contribution in [0.1, 0.15) is 13.3 Å². The number of nitrogens with two attached hydrogens (primary N) is 2. The molecular weight excluding hydrogens is 260 g/mol. The van der Waals surface area contributed by atoms with Crippen LogP contribution in [0.25, 0.3) is 0 Å². The lowest BCUT2D eigenvalue weighted by Gasteiger charge is -2.21. The van der Waals surface area contributed by atoms with Crippen molar-refractivity contribution in [1.29, 1.82) is 0 Å². The van der Waals surface area contributed by atoms with Crippen molar-refractivity contribution in [2.75, 3.05) is 18.8 Å². The lowest BCUT2D eigenvalue weighted by molar-refractivity contribution is -0.132. The van der Waals surface area contributed by atoms with Crippen molar-refractivity contribution in [1.82, 2.24) is 9.47 Å². The van der Waals surface area contributed by atoms with Crippen molar-refractivity contribution >= 4 is 17.5 Å². The monoisotopic (exact) mass is 278 g/mol. The number of primary amides is 1. The third-order valence-corrected chi connectivity index (χ3v) is 3.73. The van der Waals surface area contributed by atoms with E-state index in [9.17, 15) is 14.4 Å². The van der Waals surface area contributed by atoms with Gasteiger partial charge in [-0.1, -0.05) is 0 Å². The fourth-order valence-electron chi connectivity index (χ4n) is 2.29. The number of rotatable bonds is 3. The molecule has 0 radical (unpaired) electrons. The van der Waals surface area contributed by atoms with E-state index in [2.05, 4.69) is 0 Å². The molecule has 7 nitrogen and oxygen atoms in total. The van der Waals surface area contributed by atoms with E-state index in [-0.39, 0.29) is 24.6 Å².